The number of nitrogens with zero attached hydrogens (tertiary/aromatic N) is 1. The summed E-state index contributed by atoms with van der Waals surface area (Å²) in [5.41, 5.74) is 3.11. The van der Waals surface area contributed by atoms with Crippen LogP contribution in [0.5, 0.6) is 0 Å². The second-order valence-electron chi connectivity index (χ2n) is 5.36. The molecule has 2 atom stereocenters. The monoisotopic (exact) mass is 374 g/mol. The largest absolute Gasteiger partial charge is 0.316 e. The average Bonchev–Trinajstić information content (AvgIpc) is 2.70. The van der Waals surface area contributed by atoms with E-state index in [2.05, 4.69) is 15.9 Å². The maximum Gasteiger partial charge on any atom is 0.161 e. The minimum atomic E-state index is -2.97. The molecule has 0 amide bonds. The average molecular weight is 375 g/mol. The number of sulfone groups is 1. The Hall–Kier alpha value is -0.530. The van der Waals surface area contributed by atoms with Crippen molar-refractivity contribution in [1.29, 1.82) is 5.41 Å². The van der Waals surface area contributed by atoms with Gasteiger partial charge in [0.05, 0.1) is 17.5 Å². The van der Waals surface area contributed by atoms with Crippen molar-refractivity contribution in [2.45, 2.75) is 25.1 Å². The lowest BCUT2D eigenvalue weighted by atomic mass is 10.1. The summed E-state index contributed by atoms with van der Waals surface area (Å²) in [7, 11) is -2.97. The van der Waals surface area contributed by atoms with Crippen LogP contribution in [0.15, 0.2) is 16.6 Å². The zero-order valence-electron chi connectivity index (χ0n) is 11.2. The van der Waals surface area contributed by atoms with E-state index in [1.54, 1.807) is 0 Å². The molecule has 0 radical (unpaired) electrons. The maximum atomic E-state index is 11.8. The van der Waals surface area contributed by atoms with Crippen molar-refractivity contribution in [2.24, 2.45) is 0 Å². The van der Waals surface area contributed by atoms with Crippen molar-refractivity contribution in [3.8, 4) is 0 Å². The van der Waals surface area contributed by atoms with Gasteiger partial charge in [-0.1, -0.05) is 27.7 Å². The lowest BCUT2D eigenvalue weighted by molar-refractivity contribution is 0.601. The Morgan fingerprint density at radius 3 is 2.50 bits per heavy atom. The summed E-state index contributed by atoms with van der Waals surface area (Å²) >= 11 is 4.85. The van der Waals surface area contributed by atoms with Gasteiger partial charge < -0.3 is 4.90 Å². The summed E-state index contributed by atoms with van der Waals surface area (Å²) < 4.78 is 24.7. The summed E-state index contributed by atoms with van der Waals surface area (Å²) in [6.07, 6.45) is 0. The number of hydrogen-bond acceptors (Lipinski definition) is 4. The molecule has 0 bridgehead atoms. The second kappa shape index (κ2) is 4.74. The topological polar surface area (TPSA) is 61.2 Å². The zero-order valence-corrected chi connectivity index (χ0v) is 14.4. The van der Waals surface area contributed by atoms with Crippen LogP contribution in [-0.2, 0) is 9.84 Å². The van der Waals surface area contributed by atoms with Crippen molar-refractivity contribution in [1.82, 2.24) is 0 Å². The SMILES string of the molecule is Cc1cc(Br)cc(C)c1N1C(=N)SC2CS(=O)(=O)CC21. The number of amidine groups is 1. The summed E-state index contributed by atoms with van der Waals surface area (Å²) in [5, 5.41) is 8.66. The molecule has 2 saturated heterocycles. The van der Waals surface area contributed by atoms with E-state index in [0.29, 0.717) is 5.17 Å². The van der Waals surface area contributed by atoms with Gasteiger partial charge in [-0.05, 0) is 37.1 Å². The third-order valence-electron chi connectivity index (χ3n) is 3.78. The molecule has 0 aliphatic carbocycles. The Bertz CT molecular complexity index is 679. The minimum Gasteiger partial charge on any atom is -0.316 e. The zero-order chi connectivity index (χ0) is 14.7. The predicted molar refractivity (Wildman–Crippen MR) is 87.6 cm³/mol. The van der Waals surface area contributed by atoms with E-state index in [1.807, 2.05) is 30.9 Å². The molecule has 20 heavy (non-hydrogen) atoms. The minimum absolute atomic E-state index is 0.00468. The molecule has 2 fully saturated rings. The number of rotatable bonds is 1. The highest BCUT2D eigenvalue weighted by Gasteiger charge is 2.49. The Morgan fingerprint density at radius 2 is 1.90 bits per heavy atom. The van der Waals surface area contributed by atoms with Crippen LogP contribution in [0.3, 0.4) is 0 Å². The molecular weight excluding hydrogens is 360 g/mol. The first-order chi connectivity index (χ1) is 9.28. The van der Waals surface area contributed by atoms with E-state index in [1.165, 1.54) is 11.8 Å². The van der Waals surface area contributed by atoms with Gasteiger partial charge in [-0.3, -0.25) is 5.41 Å². The molecule has 4 nitrogen and oxygen atoms in total. The lowest BCUT2D eigenvalue weighted by Gasteiger charge is -2.27. The van der Waals surface area contributed by atoms with Gasteiger partial charge in [-0.25, -0.2) is 8.42 Å². The van der Waals surface area contributed by atoms with Crippen molar-refractivity contribution in [2.75, 3.05) is 16.4 Å². The van der Waals surface area contributed by atoms with Gasteiger partial charge >= 0.3 is 0 Å². The number of anilines is 1. The fourth-order valence-corrected chi connectivity index (χ4v) is 7.52. The van der Waals surface area contributed by atoms with Crippen LogP contribution < -0.4 is 4.90 Å². The van der Waals surface area contributed by atoms with E-state index in [-0.39, 0.29) is 22.8 Å². The highest BCUT2D eigenvalue weighted by atomic mass is 79.9. The van der Waals surface area contributed by atoms with E-state index in [4.69, 9.17) is 5.41 Å². The van der Waals surface area contributed by atoms with Crippen LogP contribution in [0.25, 0.3) is 0 Å². The normalized spacial score (nSPS) is 27.9. The van der Waals surface area contributed by atoms with Gasteiger partial charge in [0, 0.05) is 15.4 Å². The van der Waals surface area contributed by atoms with E-state index in [0.717, 1.165) is 21.3 Å². The molecule has 2 aliphatic rings. The van der Waals surface area contributed by atoms with Gasteiger partial charge in [0.25, 0.3) is 0 Å². The van der Waals surface area contributed by atoms with Crippen molar-refractivity contribution >= 4 is 48.4 Å². The number of aryl methyl sites for hydroxylation is 2. The van der Waals surface area contributed by atoms with Gasteiger partial charge in [-0.15, -0.1) is 0 Å². The summed E-state index contributed by atoms with van der Waals surface area (Å²) in [5.74, 6) is 0.345. The van der Waals surface area contributed by atoms with Crippen LogP contribution in [0.4, 0.5) is 5.69 Å². The molecule has 3 rings (SSSR count). The van der Waals surface area contributed by atoms with Crippen LogP contribution >= 0.6 is 27.7 Å². The predicted octanol–water partition coefficient (Wildman–Crippen LogP) is 2.72. The fourth-order valence-electron chi connectivity index (χ4n) is 3.05. The third kappa shape index (κ3) is 2.29. The van der Waals surface area contributed by atoms with Crippen LogP contribution in [0.2, 0.25) is 0 Å². The lowest BCUT2D eigenvalue weighted by Crippen LogP contribution is -2.38. The number of hydrogen-bond donors (Lipinski definition) is 1. The van der Waals surface area contributed by atoms with Gasteiger partial charge in [-0.2, -0.15) is 0 Å². The van der Waals surface area contributed by atoms with Crippen molar-refractivity contribution in [3.63, 3.8) is 0 Å². The molecule has 1 aromatic carbocycles. The molecule has 1 aromatic rings. The van der Waals surface area contributed by atoms with Gasteiger partial charge in [0.1, 0.15) is 0 Å². The van der Waals surface area contributed by atoms with Gasteiger partial charge in [0.15, 0.2) is 15.0 Å². The number of thioether (sulfide) groups is 1. The van der Waals surface area contributed by atoms with E-state index in [9.17, 15) is 8.42 Å². The van der Waals surface area contributed by atoms with Gasteiger partial charge in [0.2, 0.25) is 0 Å². The molecule has 108 valence electrons. The van der Waals surface area contributed by atoms with Crippen LogP contribution in [0.1, 0.15) is 11.1 Å². The summed E-state index contributed by atoms with van der Waals surface area (Å²) in [6.45, 7) is 4.00. The molecule has 0 spiro atoms. The van der Waals surface area contributed by atoms with Crippen molar-refractivity contribution in [3.05, 3.63) is 27.7 Å². The molecule has 2 heterocycles. The highest BCUT2D eigenvalue weighted by molar-refractivity contribution is 9.10. The maximum absolute atomic E-state index is 11.8. The van der Waals surface area contributed by atoms with E-state index < -0.39 is 9.84 Å². The number of halogens is 1. The Kier molecular flexibility index (Phi) is 3.42. The molecule has 2 aliphatic heterocycles. The first kappa shape index (κ1) is 14.4. The number of nitrogens with one attached hydrogen (secondary N) is 1. The van der Waals surface area contributed by atoms with Crippen molar-refractivity contribution < 1.29 is 8.42 Å². The molecule has 0 aromatic heterocycles. The summed E-state index contributed by atoms with van der Waals surface area (Å²) in [6, 6.07) is 3.92. The Morgan fingerprint density at radius 1 is 1.30 bits per heavy atom. The fraction of sp³-hybridized carbons (Fsp3) is 0.462. The van der Waals surface area contributed by atoms with Crippen LogP contribution in [0, 0.1) is 19.3 Å². The second-order valence-corrected chi connectivity index (χ2v) is 9.66. The quantitative estimate of drug-likeness (QED) is 0.820. The molecule has 2 unspecified atom stereocenters. The molecule has 1 N–H and O–H groups in total. The summed E-state index contributed by atoms with van der Waals surface area (Å²) in [4.78, 5) is 1.91. The molecular formula is C13H15BrN2O2S2. The number of fused-ring (bicyclic) bond motifs is 1. The Labute approximate surface area is 131 Å². The van der Waals surface area contributed by atoms with Crippen LogP contribution in [-0.4, -0.2) is 36.4 Å². The first-order valence-electron chi connectivity index (χ1n) is 6.30. The highest BCUT2D eigenvalue weighted by Crippen LogP contribution is 2.42. The number of benzene rings is 1. The smallest absolute Gasteiger partial charge is 0.161 e. The third-order valence-corrected chi connectivity index (χ3v) is 7.37. The first-order valence-corrected chi connectivity index (χ1v) is 9.79. The Balaban J connectivity index is 2.08. The standard InChI is InChI=1S/C13H15BrN2O2S2/c1-7-3-9(14)4-8(2)12(7)16-10-5-20(17,18)6-11(10)19-13(16)15/h3-4,10-11,15H,5-6H2,1-2H3. The molecule has 0 saturated carbocycles. The molecule has 7 heteroatoms. The van der Waals surface area contributed by atoms with E-state index >= 15 is 0 Å².